The molecule has 21 heavy (non-hydrogen) atoms. The molecule has 0 fully saturated rings. The van der Waals surface area contributed by atoms with Crippen LogP contribution in [-0.4, -0.2) is 19.3 Å². The van der Waals surface area contributed by atoms with Crippen LogP contribution in [0.1, 0.15) is 21.5 Å². The van der Waals surface area contributed by atoms with Crippen LogP contribution in [0.2, 0.25) is 0 Å². The SMILES string of the molecule is Cc1ccc(C2C=C(c3cccn3C)Nc3nncn32)s1. The molecule has 0 saturated heterocycles. The van der Waals surface area contributed by atoms with Gasteiger partial charge in [0.15, 0.2) is 0 Å². The van der Waals surface area contributed by atoms with Crippen molar-refractivity contribution in [2.45, 2.75) is 13.0 Å². The average molecular weight is 297 g/mol. The van der Waals surface area contributed by atoms with Crippen LogP contribution in [0.4, 0.5) is 5.95 Å². The highest BCUT2D eigenvalue weighted by Crippen LogP contribution is 2.35. The first-order valence-electron chi connectivity index (χ1n) is 6.79. The highest BCUT2D eigenvalue weighted by molar-refractivity contribution is 7.12. The lowest BCUT2D eigenvalue weighted by Gasteiger charge is -2.24. The number of thiophene rings is 1. The van der Waals surface area contributed by atoms with Gasteiger partial charge in [0.05, 0.1) is 17.4 Å². The fraction of sp³-hybridized carbons (Fsp3) is 0.200. The molecule has 4 heterocycles. The number of aryl methyl sites for hydroxylation is 2. The summed E-state index contributed by atoms with van der Waals surface area (Å²) in [7, 11) is 2.04. The lowest BCUT2D eigenvalue weighted by molar-refractivity contribution is 0.705. The van der Waals surface area contributed by atoms with Gasteiger partial charge >= 0.3 is 0 Å². The smallest absolute Gasteiger partial charge is 0.229 e. The van der Waals surface area contributed by atoms with Crippen LogP contribution in [0.15, 0.2) is 42.9 Å². The Balaban J connectivity index is 1.84. The minimum atomic E-state index is 0.139. The fourth-order valence-electron chi connectivity index (χ4n) is 2.66. The van der Waals surface area contributed by atoms with E-state index in [0.29, 0.717) is 0 Å². The maximum atomic E-state index is 4.19. The van der Waals surface area contributed by atoms with E-state index in [1.807, 2.05) is 30.6 Å². The molecular weight excluding hydrogens is 282 g/mol. The topological polar surface area (TPSA) is 47.7 Å². The van der Waals surface area contributed by atoms with E-state index in [9.17, 15) is 0 Å². The van der Waals surface area contributed by atoms with E-state index in [0.717, 1.165) is 17.3 Å². The number of fused-ring (bicyclic) bond motifs is 1. The normalized spacial score (nSPS) is 17.2. The summed E-state index contributed by atoms with van der Waals surface area (Å²) in [5, 5.41) is 11.6. The average Bonchev–Trinajstić information content (AvgIpc) is 3.17. The molecule has 1 N–H and O–H groups in total. The summed E-state index contributed by atoms with van der Waals surface area (Å²) in [6, 6.07) is 8.61. The molecule has 6 heteroatoms. The highest BCUT2D eigenvalue weighted by Gasteiger charge is 2.24. The molecule has 1 atom stereocenters. The number of aromatic nitrogens is 4. The third-order valence-electron chi connectivity index (χ3n) is 3.72. The number of hydrogen-bond donors (Lipinski definition) is 1. The Morgan fingerprint density at radius 2 is 2.19 bits per heavy atom. The van der Waals surface area contributed by atoms with E-state index in [1.54, 1.807) is 6.33 Å². The van der Waals surface area contributed by atoms with Crippen molar-refractivity contribution in [1.29, 1.82) is 0 Å². The maximum absolute atomic E-state index is 4.19. The highest BCUT2D eigenvalue weighted by atomic mass is 32.1. The quantitative estimate of drug-likeness (QED) is 0.791. The molecule has 1 aliphatic heterocycles. The zero-order valence-electron chi connectivity index (χ0n) is 11.8. The summed E-state index contributed by atoms with van der Waals surface area (Å²) in [5.74, 6) is 0.782. The van der Waals surface area contributed by atoms with E-state index < -0.39 is 0 Å². The maximum Gasteiger partial charge on any atom is 0.229 e. The number of anilines is 1. The summed E-state index contributed by atoms with van der Waals surface area (Å²) < 4.78 is 4.17. The number of hydrogen-bond acceptors (Lipinski definition) is 4. The molecule has 3 aromatic rings. The van der Waals surface area contributed by atoms with Crippen molar-refractivity contribution in [3.63, 3.8) is 0 Å². The molecule has 4 rings (SSSR count). The largest absolute Gasteiger partial charge is 0.349 e. The molecule has 0 bridgehead atoms. The molecule has 0 aromatic carbocycles. The van der Waals surface area contributed by atoms with Gasteiger partial charge in [0.2, 0.25) is 5.95 Å². The Kier molecular flexibility index (Phi) is 2.71. The third kappa shape index (κ3) is 1.99. The van der Waals surface area contributed by atoms with Crippen molar-refractivity contribution in [1.82, 2.24) is 19.3 Å². The molecule has 1 aliphatic rings. The molecule has 0 spiro atoms. The van der Waals surface area contributed by atoms with E-state index in [-0.39, 0.29) is 6.04 Å². The molecule has 0 saturated carbocycles. The number of nitrogens with one attached hydrogen (secondary N) is 1. The van der Waals surface area contributed by atoms with Gasteiger partial charge in [0.1, 0.15) is 6.33 Å². The summed E-state index contributed by atoms with van der Waals surface area (Å²) in [4.78, 5) is 2.61. The first-order chi connectivity index (χ1) is 10.2. The van der Waals surface area contributed by atoms with Crippen molar-refractivity contribution in [2.24, 2.45) is 7.05 Å². The first kappa shape index (κ1) is 12.4. The van der Waals surface area contributed by atoms with E-state index in [1.165, 1.54) is 9.75 Å². The minimum absolute atomic E-state index is 0.139. The number of allylic oxidation sites excluding steroid dienone is 1. The zero-order chi connectivity index (χ0) is 14.4. The van der Waals surface area contributed by atoms with Crippen LogP contribution in [0.3, 0.4) is 0 Å². The van der Waals surface area contributed by atoms with Gasteiger partial charge in [-0.2, -0.15) is 0 Å². The standard InChI is InChI=1S/C15H15N5S/c1-10-5-6-14(21-10)13-8-11(12-4-3-7-19(12)2)17-15-18-16-9-20(13)15/h3-9,13H,1-2H3,(H,17,18). The van der Waals surface area contributed by atoms with Gasteiger partial charge in [-0.25, -0.2) is 0 Å². The summed E-state index contributed by atoms with van der Waals surface area (Å²) >= 11 is 1.81. The second-order valence-corrected chi connectivity index (χ2v) is 6.48. The number of rotatable bonds is 2. The molecule has 3 aromatic heterocycles. The van der Waals surface area contributed by atoms with Crippen LogP contribution < -0.4 is 5.32 Å². The fourth-order valence-corrected chi connectivity index (χ4v) is 3.60. The summed E-state index contributed by atoms with van der Waals surface area (Å²) in [6.07, 6.45) is 6.05. The van der Waals surface area contributed by atoms with Gasteiger partial charge in [-0.05, 0) is 37.3 Å². The van der Waals surface area contributed by atoms with Crippen LogP contribution in [0.25, 0.3) is 5.70 Å². The van der Waals surface area contributed by atoms with Crippen molar-refractivity contribution in [3.05, 3.63) is 58.3 Å². The lowest BCUT2D eigenvalue weighted by Crippen LogP contribution is -2.18. The van der Waals surface area contributed by atoms with Crippen LogP contribution in [-0.2, 0) is 7.05 Å². The van der Waals surface area contributed by atoms with Gasteiger partial charge in [-0.3, -0.25) is 4.57 Å². The van der Waals surface area contributed by atoms with Crippen LogP contribution in [0, 0.1) is 6.92 Å². The predicted octanol–water partition coefficient (Wildman–Crippen LogP) is 3.04. The lowest BCUT2D eigenvalue weighted by atomic mass is 10.1. The Hall–Kier alpha value is -2.34. The summed E-state index contributed by atoms with van der Waals surface area (Å²) in [5.41, 5.74) is 2.21. The second-order valence-electron chi connectivity index (χ2n) is 5.16. The Morgan fingerprint density at radius 3 is 2.90 bits per heavy atom. The predicted molar refractivity (Wildman–Crippen MR) is 84.2 cm³/mol. The van der Waals surface area contributed by atoms with Gasteiger partial charge in [-0.1, -0.05) is 0 Å². The van der Waals surface area contributed by atoms with E-state index in [2.05, 4.69) is 55.8 Å². The summed E-state index contributed by atoms with van der Waals surface area (Å²) in [6.45, 7) is 2.13. The molecule has 106 valence electrons. The van der Waals surface area contributed by atoms with Crippen molar-refractivity contribution >= 4 is 23.0 Å². The second kappa shape index (κ2) is 4.60. The zero-order valence-corrected chi connectivity index (χ0v) is 12.6. The van der Waals surface area contributed by atoms with Gasteiger partial charge in [-0.15, -0.1) is 21.5 Å². The van der Waals surface area contributed by atoms with E-state index >= 15 is 0 Å². The van der Waals surface area contributed by atoms with Gasteiger partial charge in [0.25, 0.3) is 0 Å². The van der Waals surface area contributed by atoms with Crippen molar-refractivity contribution < 1.29 is 0 Å². The molecule has 0 aliphatic carbocycles. The van der Waals surface area contributed by atoms with Crippen LogP contribution >= 0.6 is 11.3 Å². The minimum Gasteiger partial charge on any atom is -0.349 e. The molecule has 0 radical (unpaired) electrons. The Morgan fingerprint density at radius 1 is 1.29 bits per heavy atom. The van der Waals surface area contributed by atoms with Gasteiger partial charge < -0.3 is 9.88 Å². The third-order valence-corrected chi connectivity index (χ3v) is 4.79. The monoisotopic (exact) mass is 297 g/mol. The Bertz CT molecular complexity index is 823. The van der Waals surface area contributed by atoms with Gasteiger partial charge in [0, 0.05) is 23.0 Å². The Labute approximate surface area is 126 Å². The molecule has 1 unspecified atom stereocenters. The molecular formula is C15H15N5S. The number of nitrogens with zero attached hydrogens (tertiary/aromatic N) is 4. The molecule has 0 amide bonds. The first-order valence-corrected chi connectivity index (χ1v) is 7.60. The van der Waals surface area contributed by atoms with Crippen molar-refractivity contribution in [3.8, 4) is 0 Å². The van der Waals surface area contributed by atoms with Crippen molar-refractivity contribution in [2.75, 3.05) is 5.32 Å². The van der Waals surface area contributed by atoms with Crippen LogP contribution in [0.5, 0.6) is 0 Å². The van der Waals surface area contributed by atoms with E-state index in [4.69, 9.17) is 0 Å². The molecule has 5 nitrogen and oxygen atoms in total.